The van der Waals surface area contributed by atoms with Gasteiger partial charge in [-0.25, -0.2) is 9.78 Å². The minimum Gasteiger partial charge on any atom is -0.497 e. The summed E-state index contributed by atoms with van der Waals surface area (Å²) in [6.45, 7) is 0.872. The second-order valence-electron chi connectivity index (χ2n) is 7.20. The molecule has 0 unspecified atom stereocenters. The molecule has 1 aliphatic rings. The van der Waals surface area contributed by atoms with Crippen LogP contribution in [0.1, 0.15) is 15.9 Å². The van der Waals surface area contributed by atoms with E-state index in [-0.39, 0.29) is 18.5 Å². The van der Waals surface area contributed by atoms with Crippen LogP contribution in [0.4, 0.5) is 16.2 Å². The van der Waals surface area contributed by atoms with E-state index in [0.29, 0.717) is 29.3 Å². The number of hydrogen-bond acceptors (Lipinski definition) is 6. The molecule has 0 saturated heterocycles. The Morgan fingerprint density at radius 2 is 1.97 bits per heavy atom. The maximum Gasteiger partial charge on any atom is 0.326 e. The predicted molar refractivity (Wildman–Crippen MR) is 128 cm³/mol. The monoisotopic (exact) mass is 464 g/mol. The number of thioether (sulfide) groups is 1. The van der Waals surface area contributed by atoms with Gasteiger partial charge in [0.15, 0.2) is 0 Å². The van der Waals surface area contributed by atoms with Crippen LogP contribution in [0.15, 0.2) is 65.8 Å². The largest absolute Gasteiger partial charge is 0.497 e. The molecule has 0 saturated carbocycles. The number of carbonyl (C=O) groups is 2. The molecule has 33 heavy (non-hydrogen) atoms. The molecule has 0 atom stereocenters. The maximum absolute atomic E-state index is 12.9. The zero-order valence-electron chi connectivity index (χ0n) is 18.3. The molecule has 3 amide bonds. The van der Waals surface area contributed by atoms with Crippen LogP contribution in [0.5, 0.6) is 11.5 Å². The van der Waals surface area contributed by atoms with E-state index in [2.05, 4.69) is 15.6 Å². The van der Waals surface area contributed by atoms with Crippen molar-refractivity contribution in [3.8, 4) is 11.5 Å². The molecule has 0 fully saturated rings. The summed E-state index contributed by atoms with van der Waals surface area (Å²) in [5.41, 5.74) is 2.59. The molecular weight excluding hydrogens is 440 g/mol. The molecule has 8 nitrogen and oxygen atoms in total. The standard InChI is InChI=1S/C24H24N4O4S/c1-31-19-9-8-17(21(14-19)32-2)15-26-22(29)16-5-3-6-18(13-16)27-24(30)28-11-12-33-23-20(28)7-4-10-25-23/h3-10,13-14H,11-12,15H2,1-2H3,(H,26,29)(H,27,30). The van der Waals surface area contributed by atoms with Crippen molar-refractivity contribution in [1.82, 2.24) is 10.3 Å². The van der Waals surface area contributed by atoms with Crippen LogP contribution in [0.25, 0.3) is 0 Å². The van der Waals surface area contributed by atoms with Crippen molar-refractivity contribution in [2.75, 3.05) is 36.7 Å². The summed E-state index contributed by atoms with van der Waals surface area (Å²) >= 11 is 1.63. The summed E-state index contributed by atoms with van der Waals surface area (Å²) < 4.78 is 10.6. The lowest BCUT2D eigenvalue weighted by molar-refractivity contribution is 0.0950. The van der Waals surface area contributed by atoms with Crippen molar-refractivity contribution in [1.29, 1.82) is 0 Å². The normalized spacial score (nSPS) is 12.5. The van der Waals surface area contributed by atoms with E-state index in [9.17, 15) is 9.59 Å². The number of fused-ring (bicyclic) bond motifs is 1. The lowest BCUT2D eigenvalue weighted by atomic mass is 10.1. The first-order valence-corrected chi connectivity index (χ1v) is 11.3. The topological polar surface area (TPSA) is 92.8 Å². The first-order valence-electron chi connectivity index (χ1n) is 10.3. The Bertz CT molecular complexity index is 1170. The molecule has 2 N–H and O–H groups in total. The number of ether oxygens (including phenoxy) is 2. The molecule has 170 valence electrons. The van der Waals surface area contributed by atoms with Gasteiger partial charge in [0.05, 0.1) is 19.9 Å². The first-order chi connectivity index (χ1) is 16.1. The summed E-state index contributed by atoms with van der Waals surface area (Å²) in [7, 11) is 3.16. The number of carbonyl (C=O) groups excluding carboxylic acids is 2. The number of urea groups is 1. The molecular formula is C24H24N4O4S. The van der Waals surface area contributed by atoms with Gasteiger partial charge in [-0.3, -0.25) is 9.69 Å². The van der Waals surface area contributed by atoms with E-state index in [4.69, 9.17) is 9.47 Å². The fourth-order valence-electron chi connectivity index (χ4n) is 3.47. The van der Waals surface area contributed by atoms with Crippen molar-refractivity contribution in [2.45, 2.75) is 11.6 Å². The molecule has 0 aliphatic carbocycles. The lowest BCUT2D eigenvalue weighted by Crippen LogP contribution is -2.38. The second-order valence-corrected chi connectivity index (χ2v) is 8.28. The Kier molecular flexibility index (Phi) is 6.99. The summed E-state index contributed by atoms with van der Waals surface area (Å²) in [6, 6.07) is 15.7. The highest BCUT2D eigenvalue weighted by Gasteiger charge is 2.23. The third-order valence-corrected chi connectivity index (χ3v) is 6.13. The summed E-state index contributed by atoms with van der Waals surface area (Å²) in [5, 5.41) is 6.61. The lowest BCUT2D eigenvalue weighted by Gasteiger charge is -2.28. The van der Waals surface area contributed by atoms with Gasteiger partial charge in [0.1, 0.15) is 16.5 Å². The number of methoxy groups -OCH3 is 2. The van der Waals surface area contributed by atoms with E-state index in [1.54, 1.807) is 67.4 Å². The number of amides is 3. The van der Waals surface area contributed by atoms with Crippen LogP contribution in [-0.4, -0.2) is 43.4 Å². The van der Waals surface area contributed by atoms with Crippen molar-refractivity contribution in [3.05, 3.63) is 71.9 Å². The SMILES string of the molecule is COc1ccc(CNC(=O)c2cccc(NC(=O)N3CCSc4ncccc43)c2)c(OC)c1. The molecule has 1 aromatic heterocycles. The maximum atomic E-state index is 12.9. The highest BCUT2D eigenvalue weighted by atomic mass is 32.2. The van der Waals surface area contributed by atoms with Gasteiger partial charge in [-0.1, -0.05) is 6.07 Å². The van der Waals surface area contributed by atoms with Gasteiger partial charge in [-0.2, -0.15) is 0 Å². The van der Waals surface area contributed by atoms with Gasteiger partial charge in [-0.15, -0.1) is 11.8 Å². The summed E-state index contributed by atoms with van der Waals surface area (Å²) in [4.78, 5) is 31.6. The van der Waals surface area contributed by atoms with Crippen LogP contribution < -0.4 is 25.0 Å². The number of aromatic nitrogens is 1. The summed E-state index contributed by atoms with van der Waals surface area (Å²) in [5.74, 6) is 1.82. The van der Waals surface area contributed by atoms with Crippen molar-refractivity contribution in [3.63, 3.8) is 0 Å². The fourth-order valence-corrected chi connectivity index (χ4v) is 4.40. The zero-order valence-corrected chi connectivity index (χ0v) is 19.1. The number of anilines is 2. The summed E-state index contributed by atoms with van der Waals surface area (Å²) in [6.07, 6.45) is 1.72. The number of benzene rings is 2. The van der Waals surface area contributed by atoms with Gasteiger partial charge in [0.2, 0.25) is 0 Å². The number of nitrogens with zero attached hydrogens (tertiary/aromatic N) is 2. The van der Waals surface area contributed by atoms with E-state index in [1.165, 1.54) is 0 Å². The molecule has 9 heteroatoms. The van der Waals surface area contributed by atoms with Gasteiger partial charge < -0.3 is 20.1 Å². The first kappa shape index (κ1) is 22.5. The van der Waals surface area contributed by atoms with Gasteiger partial charge in [-0.05, 0) is 42.5 Å². The zero-order chi connectivity index (χ0) is 23.2. The van der Waals surface area contributed by atoms with Gasteiger partial charge >= 0.3 is 6.03 Å². The molecule has 3 aromatic rings. The van der Waals surface area contributed by atoms with E-state index < -0.39 is 0 Å². The Morgan fingerprint density at radius 1 is 1.09 bits per heavy atom. The smallest absolute Gasteiger partial charge is 0.326 e. The second kappa shape index (κ2) is 10.3. The average Bonchev–Trinajstić information content (AvgIpc) is 2.86. The molecule has 4 rings (SSSR count). The quantitative estimate of drug-likeness (QED) is 0.569. The number of nitrogens with one attached hydrogen (secondary N) is 2. The van der Waals surface area contributed by atoms with Crippen molar-refractivity contribution < 1.29 is 19.1 Å². The molecule has 0 spiro atoms. The average molecular weight is 465 g/mol. The number of pyridine rings is 1. The van der Waals surface area contributed by atoms with Crippen LogP contribution in [0.2, 0.25) is 0 Å². The Labute approximate surface area is 196 Å². The van der Waals surface area contributed by atoms with E-state index in [0.717, 1.165) is 22.0 Å². The minimum atomic E-state index is -0.259. The molecule has 1 aliphatic heterocycles. The molecule has 2 aromatic carbocycles. The minimum absolute atomic E-state index is 0.257. The third-order valence-electron chi connectivity index (χ3n) is 5.15. The Morgan fingerprint density at radius 3 is 2.79 bits per heavy atom. The predicted octanol–water partition coefficient (Wildman–Crippen LogP) is 4.17. The fraction of sp³-hybridized carbons (Fsp3) is 0.208. The molecule has 0 radical (unpaired) electrons. The van der Waals surface area contributed by atoms with Gasteiger partial charge in [0.25, 0.3) is 5.91 Å². The Hall–Kier alpha value is -3.72. The van der Waals surface area contributed by atoms with Crippen molar-refractivity contribution >= 4 is 35.1 Å². The highest BCUT2D eigenvalue weighted by Crippen LogP contribution is 2.32. The van der Waals surface area contributed by atoms with Crippen LogP contribution in [0.3, 0.4) is 0 Å². The van der Waals surface area contributed by atoms with E-state index >= 15 is 0 Å². The van der Waals surface area contributed by atoms with Crippen molar-refractivity contribution in [2.24, 2.45) is 0 Å². The van der Waals surface area contributed by atoms with Gasteiger partial charge in [0, 0.05) is 47.9 Å². The molecule has 0 bridgehead atoms. The number of hydrogen-bond donors (Lipinski definition) is 2. The van der Waals surface area contributed by atoms with Crippen LogP contribution in [-0.2, 0) is 6.54 Å². The molecule has 2 heterocycles. The number of rotatable bonds is 6. The highest BCUT2D eigenvalue weighted by molar-refractivity contribution is 7.99. The third kappa shape index (κ3) is 5.20. The Balaban J connectivity index is 1.42. The van der Waals surface area contributed by atoms with Crippen LogP contribution >= 0.6 is 11.8 Å². The van der Waals surface area contributed by atoms with Crippen LogP contribution in [0, 0.1) is 0 Å². The van der Waals surface area contributed by atoms with E-state index in [1.807, 2.05) is 24.3 Å².